The van der Waals surface area contributed by atoms with Crippen LogP contribution < -0.4 is 4.90 Å². The smallest absolute Gasteiger partial charge is 0.0540 e. The van der Waals surface area contributed by atoms with Crippen molar-refractivity contribution in [1.29, 1.82) is 0 Å². The van der Waals surface area contributed by atoms with Crippen LogP contribution in [0, 0.1) is 0 Å². The second kappa shape index (κ2) is 9.96. The van der Waals surface area contributed by atoms with Crippen LogP contribution in [0.5, 0.6) is 0 Å². The van der Waals surface area contributed by atoms with Gasteiger partial charge in [-0.1, -0.05) is 133 Å². The van der Waals surface area contributed by atoms with Crippen LogP contribution in [-0.2, 0) is 0 Å². The van der Waals surface area contributed by atoms with Crippen molar-refractivity contribution >= 4 is 38.6 Å². The zero-order valence-electron chi connectivity index (χ0n) is 21.5. The van der Waals surface area contributed by atoms with Gasteiger partial charge in [0.1, 0.15) is 0 Å². The summed E-state index contributed by atoms with van der Waals surface area (Å²) in [5.41, 5.74) is 8.30. The Balaban J connectivity index is 1.43. The minimum atomic E-state index is 1.13. The first-order valence-electron chi connectivity index (χ1n) is 13.4. The van der Waals surface area contributed by atoms with Gasteiger partial charge in [0.15, 0.2) is 0 Å². The molecule has 0 atom stereocenters. The lowest BCUT2D eigenvalue weighted by atomic mass is 9.94. The van der Waals surface area contributed by atoms with E-state index >= 15 is 0 Å². The van der Waals surface area contributed by atoms with E-state index in [-0.39, 0.29) is 0 Å². The van der Waals surface area contributed by atoms with Gasteiger partial charge >= 0.3 is 0 Å². The Morgan fingerprint density at radius 3 is 1.67 bits per heavy atom. The van der Waals surface area contributed by atoms with Crippen LogP contribution in [-0.4, -0.2) is 0 Å². The second-order valence-corrected chi connectivity index (χ2v) is 9.79. The maximum absolute atomic E-state index is 2.39. The van der Waals surface area contributed by atoms with E-state index in [0.717, 1.165) is 17.1 Å². The molecule has 0 aliphatic heterocycles. The highest BCUT2D eigenvalue weighted by molar-refractivity contribution is 6.02. The molecule has 0 heterocycles. The van der Waals surface area contributed by atoms with Gasteiger partial charge in [-0.15, -0.1) is 0 Å². The predicted molar refractivity (Wildman–Crippen MR) is 167 cm³/mol. The van der Waals surface area contributed by atoms with Crippen LogP contribution in [0.4, 0.5) is 17.1 Å². The van der Waals surface area contributed by atoms with Crippen molar-refractivity contribution in [3.63, 3.8) is 0 Å². The lowest BCUT2D eigenvalue weighted by Gasteiger charge is -2.29. The van der Waals surface area contributed by atoms with Gasteiger partial charge in [0, 0.05) is 16.6 Å². The Kier molecular flexibility index (Phi) is 5.88. The first kappa shape index (κ1) is 23.0. The van der Waals surface area contributed by atoms with Crippen LogP contribution in [0.2, 0.25) is 0 Å². The number of benzene rings is 7. The molecule has 0 bridgehead atoms. The highest BCUT2D eigenvalue weighted by Gasteiger charge is 2.19. The van der Waals surface area contributed by atoms with Gasteiger partial charge in [0.25, 0.3) is 0 Å². The molecule has 0 aliphatic carbocycles. The Bertz CT molecular complexity index is 1910. The minimum Gasteiger partial charge on any atom is -0.309 e. The molecule has 0 unspecified atom stereocenters. The third-order valence-corrected chi connectivity index (χ3v) is 7.44. The van der Waals surface area contributed by atoms with Gasteiger partial charge in [0.2, 0.25) is 0 Å². The van der Waals surface area contributed by atoms with Crippen molar-refractivity contribution in [2.75, 3.05) is 4.90 Å². The summed E-state index contributed by atoms with van der Waals surface area (Å²) in [5.74, 6) is 0. The van der Waals surface area contributed by atoms with E-state index < -0.39 is 0 Å². The third kappa shape index (κ3) is 4.24. The molecular weight excluding hydrogens is 470 g/mol. The lowest BCUT2D eigenvalue weighted by molar-refractivity contribution is 1.30. The topological polar surface area (TPSA) is 3.24 Å². The van der Waals surface area contributed by atoms with E-state index in [1.165, 1.54) is 43.8 Å². The summed E-state index contributed by atoms with van der Waals surface area (Å²) >= 11 is 0. The van der Waals surface area contributed by atoms with Gasteiger partial charge in [-0.3, -0.25) is 0 Å². The molecule has 0 fully saturated rings. The third-order valence-electron chi connectivity index (χ3n) is 7.44. The summed E-state index contributed by atoms with van der Waals surface area (Å²) in [6, 6.07) is 58.7. The first-order chi connectivity index (χ1) is 19.4. The van der Waals surface area contributed by atoms with Crippen molar-refractivity contribution in [3.05, 3.63) is 164 Å². The van der Waals surface area contributed by atoms with Crippen LogP contribution in [0.15, 0.2) is 164 Å². The molecule has 0 spiro atoms. The fourth-order valence-electron chi connectivity index (χ4n) is 5.63. The SMILES string of the molecule is c1ccc(N(c2ccccc2-c2cccc(-c3cccc4ccccc34)c2)c2cccc3ccccc23)cc1. The Morgan fingerprint density at radius 1 is 0.333 bits per heavy atom. The quantitative estimate of drug-likeness (QED) is 0.229. The van der Waals surface area contributed by atoms with Gasteiger partial charge in [-0.25, -0.2) is 0 Å². The molecule has 1 heteroatoms. The van der Waals surface area contributed by atoms with E-state index in [0.29, 0.717) is 0 Å². The molecule has 0 radical (unpaired) electrons. The summed E-state index contributed by atoms with van der Waals surface area (Å²) < 4.78 is 0. The van der Waals surface area contributed by atoms with E-state index in [1.54, 1.807) is 0 Å². The molecule has 39 heavy (non-hydrogen) atoms. The van der Waals surface area contributed by atoms with E-state index in [1.807, 2.05) is 0 Å². The molecule has 0 saturated heterocycles. The number of rotatable bonds is 5. The van der Waals surface area contributed by atoms with E-state index in [2.05, 4.69) is 169 Å². The average molecular weight is 498 g/mol. The zero-order valence-corrected chi connectivity index (χ0v) is 21.5. The monoisotopic (exact) mass is 497 g/mol. The minimum absolute atomic E-state index is 1.13. The Morgan fingerprint density at radius 2 is 0.846 bits per heavy atom. The number of hydrogen-bond acceptors (Lipinski definition) is 1. The number of hydrogen-bond donors (Lipinski definition) is 0. The van der Waals surface area contributed by atoms with Crippen LogP contribution in [0.1, 0.15) is 0 Å². The molecule has 7 aromatic carbocycles. The molecule has 7 rings (SSSR count). The van der Waals surface area contributed by atoms with Crippen molar-refractivity contribution in [2.24, 2.45) is 0 Å². The highest BCUT2D eigenvalue weighted by Crippen LogP contribution is 2.43. The molecular formula is C38H27N. The predicted octanol–water partition coefficient (Wildman–Crippen LogP) is 10.8. The standard InChI is InChI=1S/C38H27N/c1-2-19-32(20-3-1)39(38-26-12-16-29-14-5-7-22-35(29)38)37-25-9-8-23-36(37)31-18-10-17-30(27-31)34-24-11-15-28-13-4-6-21-33(28)34/h1-27H. The number of anilines is 3. The van der Waals surface area contributed by atoms with Crippen molar-refractivity contribution in [2.45, 2.75) is 0 Å². The van der Waals surface area contributed by atoms with Gasteiger partial charge in [0.05, 0.1) is 11.4 Å². The maximum atomic E-state index is 2.39. The first-order valence-corrected chi connectivity index (χ1v) is 13.4. The van der Waals surface area contributed by atoms with Crippen molar-refractivity contribution < 1.29 is 0 Å². The highest BCUT2D eigenvalue weighted by atomic mass is 15.1. The average Bonchev–Trinajstić information content (AvgIpc) is 3.02. The molecule has 0 aromatic heterocycles. The summed E-state index contributed by atoms with van der Waals surface area (Å²) in [4.78, 5) is 2.39. The second-order valence-electron chi connectivity index (χ2n) is 9.79. The summed E-state index contributed by atoms with van der Waals surface area (Å²) in [6.45, 7) is 0. The Labute approximate surface area is 229 Å². The normalized spacial score (nSPS) is 11.1. The number of fused-ring (bicyclic) bond motifs is 2. The van der Waals surface area contributed by atoms with Crippen LogP contribution in [0.25, 0.3) is 43.8 Å². The van der Waals surface area contributed by atoms with Crippen LogP contribution in [0.3, 0.4) is 0 Å². The van der Waals surface area contributed by atoms with E-state index in [4.69, 9.17) is 0 Å². The molecule has 0 aliphatic rings. The summed E-state index contributed by atoms with van der Waals surface area (Å²) in [5, 5.41) is 4.98. The number of para-hydroxylation sites is 2. The zero-order chi connectivity index (χ0) is 26.0. The summed E-state index contributed by atoms with van der Waals surface area (Å²) in [7, 11) is 0. The van der Waals surface area contributed by atoms with Gasteiger partial charge in [-0.2, -0.15) is 0 Å². The molecule has 184 valence electrons. The fourth-order valence-corrected chi connectivity index (χ4v) is 5.63. The van der Waals surface area contributed by atoms with Gasteiger partial charge < -0.3 is 4.90 Å². The lowest BCUT2D eigenvalue weighted by Crippen LogP contribution is -2.11. The summed E-state index contributed by atoms with van der Waals surface area (Å²) in [6.07, 6.45) is 0. The Hall–Kier alpha value is -5.14. The van der Waals surface area contributed by atoms with Crippen molar-refractivity contribution in [3.8, 4) is 22.3 Å². The number of nitrogens with zero attached hydrogens (tertiary/aromatic N) is 1. The molecule has 1 nitrogen and oxygen atoms in total. The molecule has 0 N–H and O–H groups in total. The van der Waals surface area contributed by atoms with Crippen LogP contribution >= 0.6 is 0 Å². The van der Waals surface area contributed by atoms with Gasteiger partial charge in [-0.05, 0) is 63.2 Å². The van der Waals surface area contributed by atoms with Crippen molar-refractivity contribution in [1.82, 2.24) is 0 Å². The molecule has 0 saturated carbocycles. The molecule has 7 aromatic rings. The fraction of sp³-hybridized carbons (Fsp3) is 0. The molecule has 0 amide bonds. The van der Waals surface area contributed by atoms with E-state index in [9.17, 15) is 0 Å². The maximum Gasteiger partial charge on any atom is 0.0540 e. The largest absolute Gasteiger partial charge is 0.309 e.